The monoisotopic (exact) mass is 438 g/mol. The van der Waals surface area contributed by atoms with Gasteiger partial charge in [0.15, 0.2) is 9.84 Å². The van der Waals surface area contributed by atoms with E-state index in [0.717, 1.165) is 29.9 Å². The van der Waals surface area contributed by atoms with Gasteiger partial charge in [-0.3, -0.25) is 14.5 Å². The fourth-order valence-electron chi connectivity index (χ4n) is 3.91. The summed E-state index contributed by atoms with van der Waals surface area (Å²) in [5, 5.41) is 7.55. The van der Waals surface area contributed by atoms with Crippen molar-refractivity contribution in [2.75, 3.05) is 5.75 Å². The van der Waals surface area contributed by atoms with Crippen molar-refractivity contribution in [3.8, 4) is 11.4 Å². The summed E-state index contributed by atoms with van der Waals surface area (Å²) in [5.41, 5.74) is 2.55. The molecule has 1 amide bonds. The van der Waals surface area contributed by atoms with Crippen LogP contribution in [-0.2, 0) is 21.2 Å². The van der Waals surface area contributed by atoms with E-state index in [-0.39, 0.29) is 29.5 Å². The fraction of sp³-hybridized carbons (Fsp3) is 0.348. The Bertz CT molecular complexity index is 1120. The smallest absolute Gasteiger partial charge is 0.221 e. The van der Waals surface area contributed by atoms with Crippen LogP contribution in [0.25, 0.3) is 11.4 Å². The van der Waals surface area contributed by atoms with Crippen molar-refractivity contribution in [1.29, 1.82) is 0 Å². The Labute approximate surface area is 182 Å². The van der Waals surface area contributed by atoms with Gasteiger partial charge in [-0.05, 0) is 43.2 Å². The lowest BCUT2D eigenvalue weighted by Gasteiger charge is -2.13. The van der Waals surface area contributed by atoms with Gasteiger partial charge in [-0.1, -0.05) is 37.1 Å². The van der Waals surface area contributed by atoms with Crippen LogP contribution in [0.1, 0.15) is 43.8 Å². The summed E-state index contributed by atoms with van der Waals surface area (Å²) in [7, 11) is -3.48. The average molecular weight is 439 g/mol. The minimum atomic E-state index is -3.48. The number of pyridine rings is 1. The number of rotatable bonds is 8. The zero-order valence-electron chi connectivity index (χ0n) is 17.3. The molecule has 2 heterocycles. The number of hydrogen-bond donors (Lipinski definition) is 1. The lowest BCUT2D eigenvalue weighted by Crippen LogP contribution is -2.25. The van der Waals surface area contributed by atoms with Gasteiger partial charge >= 0.3 is 0 Å². The van der Waals surface area contributed by atoms with Crippen LogP contribution < -0.4 is 5.32 Å². The quantitative estimate of drug-likeness (QED) is 0.581. The molecule has 31 heavy (non-hydrogen) atoms. The molecule has 0 unspecified atom stereocenters. The molecule has 1 aromatic carbocycles. The van der Waals surface area contributed by atoms with Gasteiger partial charge in [0.05, 0.1) is 40.3 Å². The van der Waals surface area contributed by atoms with Crippen molar-refractivity contribution < 1.29 is 13.2 Å². The summed E-state index contributed by atoms with van der Waals surface area (Å²) in [5.74, 6) is -0.534. The van der Waals surface area contributed by atoms with Crippen LogP contribution in [0.15, 0.2) is 65.7 Å². The Balaban J connectivity index is 1.41. The molecule has 0 aliphatic heterocycles. The number of sulfone groups is 1. The topological polar surface area (TPSA) is 94.0 Å². The van der Waals surface area contributed by atoms with Crippen LogP contribution in [0.5, 0.6) is 0 Å². The van der Waals surface area contributed by atoms with Crippen LogP contribution in [-0.4, -0.2) is 34.8 Å². The normalized spacial score (nSPS) is 14.6. The van der Waals surface area contributed by atoms with Gasteiger partial charge in [-0.2, -0.15) is 5.10 Å². The molecule has 1 fully saturated rings. The molecule has 0 spiro atoms. The summed E-state index contributed by atoms with van der Waals surface area (Å²) in [6.45, 7) is 0.254. The Morgan fingerprint density at radius 3 is 2.52 bits per heavy atom. The first-order valence-corrected chi connectivity index (χ1v) is 12.2. The second-order valence-corrected chi connectivity index (χ2v) is 9.89. The van der Waals surface area contributed by atoms with E-state index in [1.165, 1.54) is 12.8 Å². The molecule has 7 nitrogen and oxygen atoms in total. The van der Waals surface area contributed by atoms with E-state index >= 15 is 0 Å². The highest BCUT2D eigenvalue weighted by Gasteiger charge is 2.23. The molecule has 1 saturated carbocycles. The summed E-state index contributed by atoms with van der Waals surface area (Å²) in [4.78, 5) is 17.0. The van der Waals surface area contributed by atoms with Crippen molar-refractivity contribution in [1.82, 2.24) is 20.1 Å². The molecule has 0 atom stereocenters. The highest BCUT2D eigenvalue weighted by molar-refractivity contribution is 7.91. The highest BCUT2D eigenvalue weighted by Crippen LogP contribution is 2.33. The molecule has 8 heteroatoms. The molecule has 2 aromatic heterocycles. The minimum absolute atomic E-state index is 0.0896. The third kappa shape index (κ3) is 5.19. The number of nitrogens with one attached hydrogen (secondary N) is 1. The first-order valence-electron chi connectivity index (χ1n) is 10.6. The van der Waals surface area contributed by atoms with E-state index in [1.54, 1.807) is 36.5 Å². The predicted molar refractivity (Wildman–Crippen MR) is 118 cm³/mol. The first-order chi connectivity index (χ1) is 15.0. The maximum Gasteiger partial charge on any atom is 0.221 e. The number of carbonyl (C=O) groups is 1. The molecular weight excluding hydrogens is 412 g/mol. The van der Waals surface area contributed by atoms with Crippen LogP contribution in [0.4, 0.5) is 0 Å². The number of benzene rings is 1. The predicted octanol–water partition coefficient (Wildman–Crippen LogP) is 3.54. The van der Waals surface area contributed by atoms with Crippen molar-refractivity contribution in [2.45, 2.75) is 49.6 Å². The summed E-state index contributed by atoms with van der Waals surface area (Å²) in [6, 6.07) is 16.3. The van der Waals surface area contributed by atoms with Crippen molar-refractivity contribution in [2.24, 2.45) is 0 Å². The van der Waals surface area contributed by atoms with Gasteiger partial charge in [0.25, 0.3) is 0 Å². The summed E-state index contributed by atoms with van der Waals surface area (Å²) < 4.78 is 26.8. The van der Waals surface area contributed by atoms with Gasteiger partial charge in [0.2, 0.25) is 5.91 Å². The molecule has 0 saturated heterocycles. The van der Waals surface area contributed by atoms with Gasteiger partial charge in [0.1, 0.15) is 0 Å². The lowest BCUT2D eigenvalue weighted by atomic mass is 10.2. The number of aromatic nitrogens is 3. The molecule has 162 valence electrons. The van der Waals surface area contributed by atoms with Gasteiger partial charge in [-0.15, -0.1) is 0 Å². The van der Waals surface area contributed by atoms with E-state index in [2.05, 4.69) is 10.3 Å². The lowest BCUT2D eigenvalue weighted by molar-refractivity contribution is -0.120. The van der Waals surface area contributed by atoms with E-state index < -0.39 is 9.84 Å². The number of amides is 1. The Kier molecular flexibility index (Phi) is 6.46. The number of nitrogens with zero attached hydrogens (tertiary/aromatic N) is 3. The minimum Gasteiger partial charge on any atom is -0.350 e. The SMILES string of the molecule is O=C(CCS(=O)(=O)c1ccccc1)NCc1cc(-c2ccccn2)n(C2CCCC2)n1. The van der Waals surface area contributed by atoms with Crippen molar-refractivity contribution in [3.05, 3.63) is 66.5 Å². The largest absolute Gasteiger partial charge is 0.350 e. The van der Waals surface area contributed by atoms with Crippen LogP contribution in [0, 0.1) is 0 Å². The second kappa shape index (κ2) is 9.43. The first kappa shape index (κ1) is 21.2. The number of hydrogen-bond acceptors (Lipinski definition) is 5. The standard InChI is InChI=1S/C23H26N4O3S/c28-23(13-15-31(29,30)20-10-2-1-3-11-20)25-17-18-16-22(21-12-6-7-14-24-21)27(26-18)19-8-4-5-9-19/h1-3,6-7,10-12,14,16,19H,4-5,8-9,13,15,17H2,(H,25,28). The molecular formula is C23H26N4O3S. The Morgan fingerprint density at radius 2 is 1.81 bits per heavy atom. The molecule has 4 rings (SSSR count). The summed E-state index contributed by atoms with van der Waals surface area (Å²) in [6.07, 6.45) is 6.22. The van der Waals surface area contributed by atoms with E-state index in [4.69, 9.17) is 5.10 Å². The maximum absolute atomic E-state index is 12.4. The molecule has 0 radical (unpaired) electrons. The van der Waals surface area contributed by atoms with Crippen molar-refractivity contribution in [3.63, 3.8) is 0 Å². The third-order valence-electron chi connectivity index (χ3n) is 5.55. The van der Waals surface area contributed by atoms with Gasteiger partial charge < -0.3 is 5.32 Å². The molecule has 3 aromatic rings. The third-order valence-corrected chi connectivity index (χ3v) is 7.28. The van der Waals surface area contributed by atoms with Crippen LogP contribution in [0.3, 0.4) is 0 Å². The Morgan fingerprint density at radius 1 is 1.06 bits per heavy atom. The van der Waals surface area contributed by atoms with E-state index in [0.29, 0.717) is 6.04 Å². The number of carbonyl (C=O) groups excluding carboxylic acids is 1. The molecule has 1 aliphatic rings. The summed E-state index contributed by atoms with van der Waals surface area (Å²) >= 11 is 0. The maximum atomic E-state index is 12.4. The van der Waals surface area contributed by atoms with Gasteiger partial charge in [-0.25, -0.2) is 8.42 Å². The van der Waals surface area contributed by atoms with Crippen LogP contribution >= 0.6 is 0 Å². The average Bonchev–Trinajstić information content (AvgIpc) is 3.47. The fourth-order valence-corrected chi connectivity index (χ4v) is 5.18. The zero-order valence-corrected chi connectivity index (χ0v) is 18.1. The molecule has 0 bridgehead atoms. The zero-order chi connectivity index (χ0) is 21.7. The molecule has 1 aliphatic carbocycles. The van der Waals surface area contributed by atoms with E-state index in [9.17, 15) is 13.2 Å². The second-order valence-electron chi connectivity index (χ2n) is 7.78. The Hall–Kier alpha value is -3.00. The van der Waals surface area contributed by atoms with E-state index in [1.807, 2.05) is 28.9 Å². The highest BCUT2D eigenvalue weighted by atomic mass is 32.2. The van der Waals surface area contributed by atoms with Crippen molar-refractivity contribution >= 4 is 15.7 Å². The van der Waals surface area contributed by atoms with Crippen LogP contribution in [0.2, 0.25) is 0 Å². The van der Waals surface area contributed by atoms with Gasteiger partial charge in [0, 0.05) is 12.6 Å². The molecule has 1 N–H and O–H groups in total.